The molecule has 0 bridgehead atoms. The van der Waals surface area contributed by atoms with Gasteiger partial charge in [-0.1, -0.05) is 15.9 Å². The molecule has 0 fully saturated rings. The SMILES string of the molecule is Cc1ccc(C=CC(=O)NNC(=O)COc2ccc(Br)c(C)c2)o1. The molecule has 2 rings (SSSR count). The molecule has 2 amide bonds. The summed E-state index contributed by atoms with van der Waals surface area (Å²) >= 11 is 3.39. The zero-order valence-corrected chi connectivity index (χ0v) is 14.8. The standard InChI is InChI=1S/C17H17BrN2O4/c1-11-9-14(5-7-15(11)18)23-10-17(22)20-19-16(21)8-6-13-4-3-12(2)24-13/h3-9H,10H2,1-2H3,(H,19,21)(H,20,22). The van der Waals surface area contributed by atoms with Gasteiger partial charge in [-0.15, -0.1) is 0 Å². The van der Waals surface area contributed by atoms with E-state index in [0.717, 1.165) is 15.8 Å². The molecule has 0 radical (unpaired) electrons. The van der Waals surface area contributed by atoms with Crippen LogP contribution in [0, 0.1) is 13.8 Å². The van der Waals surface area contributed by atoms with Gasteiger partial charge in [0, 0.05) is 10.5 Å². The highest BCUT2D eigenvalue weighted by atomic mass is 79.9. The maximum absolute atomic E-state index is 11.6. The normalized spacial score (nSPS) is 10.6. The lowest BCUT2D eigenvalue weighted by molar-refractivity contribution is -0.128. The van der Waals surface area contributed by atoms with Crippen LogP contribution < -0.4 is 15.6 Å². The third-order valence-corrected chi connectivity index (χ3v) is 3.87. The van der Waals surface area contributed by atoms with Crippen molar-refractivity contribution in [1.82, 2.24) is 10.9 Å². The number of aryl methyl sites for hydroxylation is 2. The van der Waals surface area contributed by atoms with Gasteiger partial charge in [0.1, 0.15) is 17.3 Å². The average Bonchev–Trinajstić information content (AvgIpc) is 2.97. The molecule has 0 aliphatic heterocycles. The number of rotatable bonds is 5. The molecule has 0 saturated heterocycles. The summed E-state index contributed by atoms with van der Waals surface area (Å²) in [4.78, 5) is 23.2. The van der Waals surface area contributed by atoms with E-state index in [-0.39, 0.29) is 6.61 Å². The number of carbonyl (C=O) groups is 2. The van der Waals surface area contributed by atoms with Crippen LogP contribution in [0.15, 0.2) is 45.3 Å². The third kappa shape index (κ3) is 5.58. The van der Waals surface area contributed by atoms with E-state index in [4.69, 9.17) is 9.15 Å². The van der Waals surface area contributed by atoms with Gasteiger partial charge in [-0.2, -0.15) is 0 Å². The van der Waals surface area contributed by atoms with E-state index in [0.29, 0.717) is 11.5 Å². The van der Waals surface area contributed by atoms with E-state index >= 15 is 0 Å². The molecule has 0 aliphatic rings. The van der Waals surface area contributed by atoms with Crippen LogP contribution in [-0.4, -0.2) is 18.4 Å². The van der Waals surface area contributed by atoms with Gasteiger partial charge in [0.15, 0.2) is 6.61 Å². The van der Waals surface area contributed by atoms with E-state index in [2.05, 4.69) is 26.8 Å². The van der Waals surface area contributed by atoms with Crippen molar-refractivity contribution < 1.29 is 18.7 Å². The maximum Gasteiger partial charge on any atom is 0.276 e. The first-order valence-corrected chi connectivity index (χ1v) is 7.95. The number of benzene rings is 1. The summed E-state index contributed by atoms with van der Waals surface area (Å²) in [6.07, 6.45) is 2.77. The zero-order valence-electron chi connectivity index (χ0n) is 13.3. The number of furan rings is 1. The van der Waals surface area contributed by atoms with Crippen molar-refractivity contribution in [3.63, 3.8) is 0 Å². The van der Waals surface area contributed by atoms with E-state index in [9.17, 15) is 9.59 Å². The number of carbonyl (C=O) groups excluding carboxylic acids is 2. The lowest BCUT2D eigenvalue weighted by atomic mass is 10.2. The Labute approximate surface area is 148 Å². The van der Waals surface area contributed by atoms with Gasteiger partial charge in [0.25, 0.3) is 11.8 Å². The first-order valence-electron chi connectivity index (χ1n) is 7.16. The van der Waals surface area contributed by atoms with Crippen molar-refractivity contribution in [3.8, 4) is 5.75 Å². The molecular weight excluding hydrogens is 376 g/mol. The molecule has 0 saturated carbocycles. The molecular formula is C17H17BrN2O4. The predicted molar refractivity (Wildman–Crippen MR) is 93.1 cm³/mol. The molecule has 2 N–H and O–H groups in total. The fraction of sp³-hybridized carbons (Fsp3) is 0.176. The minimum absolute atomic E-state index is 0.206. The summed E-state index contributed by atoms with van der Waals surface area (Å²) < 4.78 is 11.6. The van der Waals surface area contributed by atoms with Crippen molar-refractivity contribution in [3.05, 3.63) is 58.0 Å². The molecule has 1 heterocycles. The molecule has 0 spiro atoms. The van der Waals surface area contributed by atoms with Gasteiger partial charge in [0.05, 0.1) is 0 Å². The lowest BCUT2D eigenvalue weighted by Gasteiger charge is -2.08. The highest BCUT2D eigenvalue weighted by Crippen LogP contribution is 2.21. The predicted octanol–water partition coefficient (Wildman–Crippen LogP) is 2.90. The third-order valence-electron chi connectivity index (χ3n) is 2.98. The number of amides is 2. The highest BCUT2D eigenvalue weighted by Gasteiger charge is 2.05. The van der Waals surface area contributed by atoms with Crippen LogP contribution in [-0.2, 0) is 9.59 Å². The Morgan fingerprint density at radius 1 is 1.21 bits per heavy atom. The van der Waals surface area contributed by atoms with E-state index in [1.165, 1.54) is 12.2 Å². The van der Waals surface area contributed by atoms with Gasteiger partial charge in [-0.05, 0) is 55.8 Å². The molecule has 1 aromatic heterocycles. The monoisotopic (exact) mass is 392 g/mol. The van der Waals surface area contributed by atoms with Crippen LogP contribution in [0.2, 0.25) is 0 Å². The summed E-state index contributed by atoms with van der Waals surface area (Å²) in [5.41, 5.74) is 5.53. The fourth-order valence-electron chi connectivity index (χ4n) is 1.77. The second kappa shape index (κ2) is 8.35. The average molecular weight is 393 g/mol. The van der Waals surface area contributed by atoms with Crippen LogP contribution in [0.4, 0.5) is 0 Å². The van der Waals surface area contributed by atoms with Crippen LogP contribution >= 0.6 is 15.9 Å². The van der Waals surface area contributed by atoms with Gasteiger partial charge >= 0.3 is 0 Å². The minimum Gasteiger partial charge on any atom is -0.484 e. The van der Waals surface area contributed by atoms with Gasteiger partial charge < -0.3 is 9.15 Å². The summed E-state index contributed by atoms with van der Waals surface area (Å²) in [5.74, 6) is 0.944. The number of halogens is 1. The van der Waals surface area contributed by atoms with Crippen molar-refractivity contribution >= 4 is 33.8 Å². The molecule has 0 atom stereocenters. The number of nitrogens with one attached hydrogen (secondary N) is 2. The summed E-state index contributed by atoms with van der Waals surface area (Å²) in [7, 11) is 0. The Morgan fingerprint density at radius 2 is 2.00 bits per heavy atom. The van der Waals surface area contributed by atoms with Gasteiger partial charge in [-0.3, -0.25) is 20.4 Å². The molecule has 7 heteroatoms. The van der Waals surface area contributed by atoms with E-state index < -0.39 is 11.8 Å². The molecule has 1 aromatic carbocycles. The first kappa shape index (κ1) is 17.8. The topological polar surface area (TPSA) is 80.6 Å². The molecule has 2 aromatic rings. The van der Waals surface area contributed by atoms with Gasteiger partial charge in [-0.25, -0.2) is 0 Å². The number of hydrogen-bond acceptors (Lipinski definition) is 4. The number of hydrazine groups is 1. The lowest BCUT2D eigenvalue weighted by Crippen LogP contribution is -2.43. The van der Waals surface area contributed by atoms with Crippen LogP contribution in [0.1, 0.15) is 17.1 Å². The largest absolute Gasteiger partial charge is 0.484 e. The smallest absolute Gasteiger partial charge is 0.276 e. The Balaban J connectivity index is 1.73. The summed E-state index contributed by atoms with van der Waals surface area (Å²) in [5, 5.41) is 0. The maximum atomic E-state index is 11.6. The Bertz CT molecular complexity index is 768. The summed E-state index contributed by atoms with van der Waals surface area (Å²) in [6.45, 7) is 3.52. The molecule has 126 valence electrons. The van der Waals surface area contributed by atoms with Crippen molar-refractivity contribution in [1.29, 1.82) is 0 Å². The van der Waals surface area contributed by atoms with Crippen LogP contribution in [0.3, 0.4) is 0 Å². The Morgan fingerprint density at radius 3 is 2.67 bits per heavy atom. The minimum atomic E-state index is -0.475. The fourth-order valence-corrected chi connectivity index (χ4v) is 2.01. The second-order valence-corrected chi connectivity index (χ2v) is 5.87. The highest BCUT2D eigenvalue weighted by molar-refractivity contribution is 9.10. The van der Waals surface area contributed by atoms with E-state index in [1.54, 1.807) is 18.2 Å². The number of hydrogen-bond donors (Lipinski definition) is 2. The Hall–Kier alpha value is -2.54. The first-order chi connectivity index (χ1) is 11.4. The molecule has 0 aliphatic carbocycles. The van der Waals surface area contributed by atoms with Gasteiger partial charge in [0.2, 0.25) is 0 Å². The summed E-state index contributed by atoms with van der Waals surface area (Å²) in [6, 6.07) is 8.93. The zero-order chi connectivity index (χ0) is 17.5. The molecule has 6 nitrogen and oxygen atoms in total. The van der Waals surface area contributed by atoms with Crippen LogP contribution in [0.5, 0.6) is 5.75 Å². The number of ether oxygens (including phenoxy) is 1. The van der Waals surface area contributed by atoms with Crippen LogP contribution in [0.25, 0.3) is 6.08 Å². The van der Waals surface area contributed by atoms with Crippen molar-refractivity contribution in [2.24, 2.45) is 0 Å². The van der Waals surface area contributed by atoms with Crippen molar-refractivity contribution in [2.75, 3.05) is 6.61 Å². The molecule has 24 heavy (non-hydrogen) atoms. The van der Waals surface area contributed by atoms with E-state index in [1.807, 2.05) is 26.0 Å². The second-order valence-electron chi connectivity index (χ2n) is 5.02. The Kier molecular flexibility index (Phi) is 6.20. The quantitative estimate of drug-likeness (QED) is 0.605. The molecule has 0 unspecified atom stereocenters. The van der Waals surface area contributed by atoms with Crippen molar-refractivity contribution in [2.45, 2.75) is 13.8 Å².